The number of aromatic nitrogens is 3. The van der Waals surface area contributed by atoms with Crippen LogP contribution in [0.3, 0.4) is 0 Å². The fraction of sp³-hybridized carbons (Fsp3) is 0.333. The van der Waals surface area contributed by atoms with Crippen LogP contribution in [-0.2, 0) is 17.8 Å². The van der Waals surface area contributed by atoms with Gasteiger partial charge in [0.1, 0.15) is 5.01 Å². The number of carbonyl (C=O) groups is 1. The van der Waals surface area contributed by atoms with E-state index in [1.807, 2.05) is 30.7 Å². The second kappa shape index (κ2) is 7.01. The zero-order valence-electron chi connectivity index (χ0n) is 12.8. The molecule has 0 unspecified atom stereocenters. The van der Waals surface area contributed by atoms with E-state index in [1.165, 1.54) is 4.88 Å². The minimum atomic E-state index is -0.0502. The molecule has 23 heavy (non-hydrogen) atoms. The maximum atomic E-state index is 11.9. The first-order chi connectivity index (χ1) is 11.1. The van der Waals surface area contributed by atoms with Crippen LogP contribution in [0.1, 0.15) is 27.9 Å². The number of nitrogens with one attached hydrogen (secondary N) is 1. The van der Waals surface area contributed by atoms with Crippen molar-refractivity contribution in [2.24, 2.45) is 0 Å². The number of aryl methyl sites for hydroxylation is 3. The monoisotopic (exact) mass is 348 g/mol. The van der Waals surface area contributed by atoms with Crippen LogP contribution < -0.4 is 5.32 Å². The number of thiazole rings is 1. The minimum absolute atomic E-state index is 0.0502. The molecule has 1 amide bonds. The van der Waals surface area contributed by atoms with E-state index >= 15 is 0 Å². The number of hydrogen-bond donors (Lipinski definition) is 1. The lowest BCUT2D eigenvalue weighted by molar-refractivity contribution is -0.121. The van der Waals surface area contributed by atoms with Crippen LogP contribution in [0.2, 0.25) is 0 Å². The molecule has 0 saturated carbocycles. The van der Waals surface area contributed by atoms with Crippen molar-refractivity contribution in [1.82, 2.24) is 20.5 Å². The summed E-state index contributed by atoms with van der Waals surface area (Å²) in [4.78, 5) is 17.5. The molecule has 0 aliphatic carbocycles. The van der Waals surface area contributed by atoms with Crippen molar-refractivity contribution in [3.63, 3.8) is 0 Å². The predicted octanol–water partition coefficient (Wildman–Crippen LogP) is 3.12. The Morgan fingerprint density at radius 2 is 2.22 bits per heavy atom. The summed E-state index contributed by atoms with van der Waals surface area (Å²) in [6.45, 7) is 4.46. The first-order valence-electron chi connectivity index (χ1n) is 7.16. The van der Waals surface area contributed by atoms with E-state index in [1.54, 1.807) is 22.7 Å². The van der Waals surface area contributed by atoms with E-state index in [0.717, 1.165) is 16.3 Å². The number of hydrogen-bond acceptors (Lipinski definition) is 7. The molecule has 0 atom stereocenters. The summed E-state index contributed by atoms with van der Waals surface area (Å²) in [5.74, 6) is 0.920. The smallest absolute Gasteiger partial charge is 0.248 e. The maximum absolute atomic E-state index is 11.9. The highest BCUT2D eigenvalue weighted by Gasteiger charge is 2.11. The Kier molecular flexibility index (Phi) is 4.82. The SMILES string of the molecule is Cc1nc(CNC(=O)CCc2nnc(-c3ccsc3)o2)sc1C. The van der Waals surface area contributed by atoms with Crippen LogP contribution in [0.5, 0.6) is 0 Å². The number of carbonyl (C=O) groups excluding carboxylic acids is 1. The molecule has 0 aliphatic rings. The number of thiophene rings is 1. The zero-order valence-corrected chi connectivity index (χ0v) is 14.5. The summed E-state index contributed by atoms with van der Waals surface area (Å²) >= 11 is 3.18. The molecule has 6 nitrogen and oxygen atoms in total. The lowest BCUT2D eigenvalue weighted by Crippen LogP contribution is -2.23. The van der Waals surface area contributed by atoms with Crippen LogP contribution in [0.25, 0.3) is 11.5 Å². The van der Waals surface area contributed by atoms with Crippen LogP contribution in [0, 0.1) is 13.8 Å². The molecule has 0 bridgehead atoms. The molecule has 3 heterocycles. The molecule has 0 spiro atoms. The lowest BCUT2D eigenvalue weighted by atomic mass is 10.3. The summed E-state index contributed by atoms with van der Waals surface area (Å²) in [6, 6.07) is 1.92. The van der Waals surface area contributed by atoms with Gasteiger partial charge in [0.15, 0.2) is 0 Å². The molecule has 3 aromatic heterocycles. The predicted molar refractivity (Wildman–Crippen MR) is 89.4 cm³/mol. The molecule has 8 heteroatoms. The Balaban J connectivity index is 1.47. The molecule has 0 saturated heterocycles. The van der Waals surface area contributed by atoms with E-state index in [-0.39, 0.29) is 5.91 Å². The summed E-state index contributed by atoms with van der Waals surface area (Å²) in [5, 5.41) is 15.7. The van der Waals surface area contributed by atoms with E-state index in [2.05, 4.69) is 20.5 Å². The van der Waals surface area contributed by atoms with Gasteiger partial charge in [-0.25, -0.2) is 4.98 Å². The van der Waals surface area contributed by atoms with Crippen LogP contribution in [-0.4, -0.2) is 21.1 Å². The van der Waals surface area contributed by atoms with Gasteiger partial charge >= 0.3 is 0 Å². The second-order valence-corrected chi connectivity index (χ2v) is 7.11. The fourth-order valence-corrected chi connectivity index (χ4v) is 3.46. The van der Waals surface area contributed by atoms with E-state index in [9.17, 15) is 4.79 Å². The highest BCUT2D eigenvalue weighted by molar-refractivity contribution is 7.11. The van der Waals surface area contributed by atoms with Crippen molar-refractivity contribution in [2.75, 3.05) is 0 Å². The van der Waals surface area contributed by atoms with Gasteiger partial charge in [-0.05, 0) is 25.3 Å². The Morgan fingerprint density at radius 1 is 1.35 bits per heavy atom. The van der Waals surface area contributed by atoms with Gasteiger partial charge in [0, 0.05) is 28.7 Å². The van der Waals surface area contributed by atoms with Gasteiger partial charge in [-0.15, -0.1) is 21.5 Å². The summed E-state index contributed by atoms with van der Waals surface area (Å²) in [5.41, 5.74) is 1.93. The molecule has 3 aromatic rings. The number of rotatable bonds is 6. The molecule has 0 fully saturated rings. The molecule has 1 N–H and O–H groups in total. The topological polar surface area (TPSA) is 80.9 Å². The highest BCUT2D eigenvalue weighted by atomic mass is 32.1. The van der Waals surface area contributed by atoms with Gasteiger partial charge in [0.25, 0.3) is 0 Å². The van der Waals surface area contributed by atoms with Crippen LogP contribution >= 0.6 is 22.7 Å². The molecule has 0 radical (unpaired) electrons. The van der Waals surface area contributed by atoms with Crippen molar-refractivity contribution >= 4 is 28.6 Å². The third-order valence-corrected chi connectivity index (χ3v) is 5.07. The van der Waals surface area contributed by atoms with Gasteiger partial charge in [0.2, 0.25) is 17.7 Å². The third-order valence-electron chi connectivity index (χ3n) is 3.31. The van der Waals surface area contributed by atoms with Gasteiger partial charge in [0.05, 0.1) is 12.2 Å². The third kappa shape index (κ3) is 4.02. The second-order valence-electron chi connectivity index (χ2n) is 5.04. The first-order valence-corrected chi connectivity index (χ1v) is 8.92. The standard InChI is InChI=1S/C15H16N4O2S2/c1-9-10(2)23-14(17-9)7-16-12(20)3-4-13-18-19-15(21-13)11-5-6-22-8-11/h5-6,8H,3-4,7H2,1-2H3,(H,16,20). The summed E-state index contributed by atoms with van der Waals surface area (Å²) in [7, 11) is 0. The van der Waals surface area contributed by atoms with E-state index in [0.29, 0.717) is 31.2 Å². The fourth-order valence-electron chi connectivity index (χ4n) is 1.96. The summed E-state index contributed by atoms with van der Waals surface area (Å²) in [6.07, 6.45) is 0.744. The molecule has 0 aliphatic heterocycles. The Labute approximate surface area is 141 Å². The summed E-state index contributed by atoms with van der Waals surface area (Å²) < 4.78 is 5.55. The molecular weight excluding hydrogens is 332 g/mol. The van der Waals surface area contributed by atoms with E-state index < -0.39 is 0 Å². The average molecular weight is 348 g/mol. The van der Waals surface area contributed by atoms with Crippen molar-refractivity contribution in [3.05, 3.63) is 38.3 Å². The first kappa shape index (κ1) is 15.8. The van der Waals surface area contributed by atoms with Gasteiger partial charge in [-0.2, -0.15) is 11.3 Å². The largest absolute Gasteiger partial charge is 0.421 e. The maximum Gasteiger partial charge on any atom is 0.248 e. The van der Waals surface area contributed by atoms with E-state index in [4.69, 9.17) is 4.42 Å². The number of amides is 1. The Morgan fingerprint density at radius 3 is 2.91 bits per heavy atom. The van der Waals surface area contributed by atoms with Crippen molar-refractivity contribution in [3.8, 4) is 11.5 Å². The van der Waals surface area contributed by atoms with Crippen molar-refractivity contribution < 1.29 is 9.21 Å². The normalized spacial score (nSPS) is 10.9. The minimum Gasteiger partial charge on any atom is -0.421 e. The number of nitrogens with zero attached hydrogens (tertiary/aromatic N) is 3. The molecule has 3 rings (SSSR count). The average Bonchev–Trinajstić information content (AvgIpc) is 3.24. The molecule has 0 aromatic carbocycles. The van der Waals surface area contributed by atoms with Crippen LogP contribution in [0.4, 0.5) is 0 Å². The van der Waals surface area contributed by atoms with Gasteiger partial charge in [-0.1, -0.05) is 0 Å². The Bertz CT molecular complexity index is 773. The molecule has 120 valence electrons. The lowest BCUT2D eigenvalue weighted by Gasteiger charge is -2.01. The van der Waals surface area contributed by atoms with Crippen molar-refractivity contribution in [2.45, 2.75) is 33.2 Å². The van der Waals surface area contributed by atoms with Gasteiger partial charge in [-0.3, -0.25) is 4.79 Å². The van der Waals surface area contributed by atoms with Crippen LogP contribution in [0.15, 0.2) is 21.2 Å². The Hall–Kier alpha value is -2.06. The highest BCUT2D eigenvalue weighted by Crippen LogP contribution is 2.20. The van der Waals surface area contributed by atoms with Gasteiger partial charge < -0.3 is 9.73 Å². The zero-order chi connectivity index (χ0) is 16.2. The van der Waals surface area contributed by atoms with Crippen molar-refractivity contribution in [1.29, 1.82) is 0 Å². The quantitative estimate of drug-likeness (QED) is 0.740. The molecular formula is C15H16N4O2S2.